The van der Waals surface area contributed by atoms with Gasteiger partial charge in [-0.2, -0.15) is 4.98 Å². The molecule has 1 radical (unpaired) electrons. The normalized spacial score (nSPS) is 10.1. The summed E-state index contributed by atoms with van der Waals surface area (Å²) in [6, 6.07) is 15.4. The third-order valence-corrected chi connectivity index (χ3v) is 7.00. The average molecular weight is 766 g/mol. The fourth-order valence-corrected chi connectivity index (χ4v) is 4.73. The number of hydrogen-bond donors (Lipinski definition) is 1. The summed E-state index contributed by atoms with van der Waals surface area (Å²) in [5.74, 6) is -1.07. The Balaban J connectivity index is 0.000000297. The summed E-state index contributed by atoms with van der Waals surface area (Å²) in [5.41, 5.74) is 3.73. The number of aromatic nitrogens is 8. The smallest absolute Gasteiger partial charge is 1.00 e. The Morgan fingerprint density at radius 2 is 1.38 bits per heavy atom. The molecule has 0 aliphatic heterocycles. The zero-order chi connectivity index (χ0) is 33.2. The minimum absolute atomic E-state index is 0. The fraction of sp³-hybridized carbons (Fsp3) is 0.143. The molecule has 0 atom stereocenters. The van der Waals surface area contributed by atoms with Crippen molar-refractivity contribution < 1.29 is 50.0 Å². The van der Waals surface area contributed by atoms with Crippen LogP contribution in [0.25, 0.3) is 21.8 Å². The molecule has 235 valence electrons. The molecule has 4 heterocycles. The molecule has 0 saturated heterocycles. The second-order valence-electron chi connectivity index (χ2n) is 9.09. The van der Waals surface area contributed by atoms with E-state index >= 15 is 0 Å². The van der Waals surface area contributed by atoms with Gasteiger partial charge in [-0.3, -0.25) is 9.97 Å². The maximum absolute atomic E-state index is 11.4. The Morgan fingerprint density at radius 1 is 0.872 bits per heavy atom. The van der Waals surface area contributed by atoms with Crippen LogP contribution in [0.1, 0.15) is 33.8 Å². The van der Waals surface area contributed by atoms with Gasteiger partial charge in [-0.05, 0) is 63.5 Å². The summed E-state index contributed by atoms with van der Waals surface area (Å²) in [6.45, 7) is 0.944. The Hall–Kier alpha value is -3.25. The molecule has 47 heavy (non-hydrogen) atoms. The van der Waals surface area contributed by atoms with E-state index in [1.807, 2.05) is 48.5 Å². The summed E-state index contributed by atoms with van der Waals surface area (Å²) < 4.78 is 15.5. The predicted molar refractivity (Wildman–Crippen MR) is 180 cm³/mol. The van der Waals surface area contributed by atoms with Gasteiger partial charge in [0, 0.05) is 23.2 Å². The first kappa shape index (κ1) is 38.2. The van der Waals surface area contributed by atoms with E-state index in [0.717, 1.165) is 32.9 Å². The number of carbonyl (C=O) groups is 2. The number of nitrogens with zero attached hydrogens (tertiary/aromatic N) is 9. The summed E-state index contributed by atoms with van der Waals surface area (Å²) >= 11 is 18.4. The number of hydrogen-bond acceptors (Lipinski definition) is 12. The molecule has 0 bridgehead atoms. The number of esters is 2. The van der Waals surface area contributed by atoms with Gasteiger partial charge in [0.15, 0.2) is 4.73 Å². The average Bonchev–Trinajstić information content (AvgIpc) is 3.67. The van der Waals surface area contributed by atoms with Gasteiger partial charge in [0.1, 0.15) is 6.33 Å². The van der Waals surface area contributed by atoms with Crippen molar-refractivity contribution in [3.8, 4) is 0 Å². The van der Waals surface area contributed by atoms with Gasteiger partial charge in [-0.25, -0.2) is 23.9 Å². The number of methoxy groups -OCH3 is 2. The van der Waals surface area contributed by atoms with E-state index in [-0.39, 0.29) is 42.6 Å². The number of halogens is 3. The van der Waals surface area contributed by atoms with E-state index in [2.05, 4.69) is 80.3 Å². The molecule has 0 fully saturated rings. The van der Waals surface area contributed by atoms with Crippen molar-refractivity contribution in [2.75, 3.05) is 14.2 Å². The third kappa shape index (κ3) is 10.6. The topological polar surface area (TPSA) is 152 Å². The number of carbonyl (C=O) groups excluding carboxylic acids is 2. The standard InChI is InChI=1S/C14H10BrClN4O2.C14H11ClN4O2.BHNS.Na.H/c1-22-13(21)12-18-14(15)20(19-12)7-8-2-3-11-9(4-8)5-10(16)6-17-11;1-21-14(20)13-17-8-19(18-13)7-9-2-3-12-10(4-9)5-11(15)6-16-12;1-2-3;;/h2-6H,7H2,1H3;2-6,8H,7H2,1H3;3H;;/q;;;+1;-1. The van der Waals surface area contributed by atoms with Crippen molar-refractivity contribution in [3.63, 3.8) is 0 Å². The molecule has 6 aromatic rings. The quantitative estimate of drug-likeness (QED) is 0.152. The van der Waals surface area contributed by atoms with Crippen molar-refractivity contribution in [2.24, 2.45) is 4.30 Å². The van der Waals surface area contributed by atoms with Gasteiger partial charge in [0.2, 0.25) is 0 Å². The summed E-state index contributed by atoms with van der Waals surface area (Å²) in [4.78, 5) is 39.2. The van der Waals surface area contributed by atoms with Crippen LogP contribution in [0.4, 0.5) is 0 Å². The van der Waals surface area contributed by atoms with Gasteiger partial charge < -0.3 is 10.9 Å². The zero-order valence-corrected chi connectivity index (χ0v) is 31.1. The van der Waals surface area contributed by atoms with Crippen LogP contribution < -0.4 is 29.6 Å². The van der Waals surface area contributed by atoms with E-state index in [1.165, 1.54) is 20.5 Å². The van der Waals surface area contributed by atoms with E-state index in [1.54, 1.807) is 21.8 Å². The van der Waals surface area contributed by atoms with Crippen LogP contribution in [0.15, 0.2) is 76.3 Å². The molecule has 6 rings (SSSR count). The Bertz CT molecular complexity index is 2040. The van der Waals surface area contributed by atoms with Crippen molar-refractivity contribution >= 4 is 93.3 Å². The van der Waals surface area contributed by atoms with Crippen LogP contribution >= 0.6 is 51.9 Å². The molecule has 0 aliphatic rings. The largest absolute Gasteiger partial charge is 1.00 e. The molecule has 19 heteroatoms. The number of ether oxygens (including phenoxy) is 2. The number of fused-ring (bicyclic) bond motifs is 2. The number of rotatable bonds is 6. The third-order valence-electron chi connectivity index (χ3n) is 6.00. The number of pyridine rings is 2. The van der Waals surface area contributed by atoms with Crippen LogP contribution in [0.5, 0.6) is 0 Å². The summed E-state index contributed by atoms with van der Waals surface area (Å²) in [5, 5.41) is 11.2. The van der Waals surface area contributed by atoms with E-state index in [4.69, 9.17) is 23.2 Å². The minimum atomic E-state index is -0.575. The first-order valence-electron chi connectivity index (χ1n) is 12.9. The maximum atomic E-state index is 11.4. The molecular formula is C28H23BBrCl2N9NaO4S. The fourth-order valence-electron chi connectivity index (χ4n) is 4.02. The van der Waals surface area contributed by atoms with Gasteiger partial charge >= 0.3 is 66.3 Å². The molecule has 0 saturated carbocycles. The Labute approximate surface area is 317 Å². The van der Waals surface area contributed by atoms with Crippen LogP contribution in [-0.4, -0.2) is 73.3 Å². The van der Waals surface area contributed by atoms with Crippen molar-refractivity contribution in [1.82, 2.24) is 39.5 Å². The first-order chi connectivity index (χ1) is 22.1. The van der Waals surface area contributed by atoms with Crippen LogP contribution in [0.2, 0.25) is 10.0 Å². The van der Waals surface area contributed by atoms with Crippen LogP contribution in [-0.2, 0) is 22.6 Å². The number of benzene rings is 2. The molecule has 2 aromatic carbocycles. The molecule has 0 aliphatic carbocycles. The Morgan fingerprint density at radius 3 is 1.91 bits per heavy atom. The second kappa shape index (κ2) is 18.3. The molecule has 4 aromatic heterocycles. The van der Waals surface area contributed by atoms with Crippen molar-refractivity contribution in [3.05, 3.63) is 105 Å². The van der Waals surface area contributed by atoms with Gasteiger partial charge in [0.25, 0.3) is 11.6 Å². The van der Waals surface area contributed by atoms with Crippen LogP contribution in [0, 0.1) is 0 Å². The molecule has 13 nitrogen and oxygen atoms in total. The molecule has 0 N–H and O–H groups in total. The predicted octanol–water partition coefficient (Wildman–Crippen LogP) is 2.69. The molecular weight excluding hydrogens is 743 g/mol. The number of thiol groups is 1. The summed E-state index contributed by atoms with van der Waals surface area (Å²) in [6.07, 6.45) is 4.72. The van der Waals surface area contributed by atoms with E-state index in [0.29, 0.717) is 27.9 Å². The SMILES string of the molecule is COC(=O)c1nc(Br)n(Cc2ccc3ncc(Cl)cc3c2)n1.COC(=O)c1ncn(Cc2ccc3ncc(Cl)cc3c2)n1.[B]=NS.[H-].[Na+]. The summed E-state index contributed by atoms with van der Waals surface area (Å²) in [7, 11) is 6.92. The minimum Gasteiger partial charge on any atom is -1.00 e. The van der Waals surface area contributed by atoms with Crippen LogP contribution in [0.3, 0.4) is 0 Å². The second-order valence-corrected chi connectivity index (χ2v) is 10.9. The molecule has 0 unspecified atom stereocenters. The Kier molecular flexibility index (Phi) is 14.9. The zero-order valence-electron chi connectivity index (χ0n) is 26.1. The first-order valence-corrected chi connectivity index (χ1v) is 14.9. The van der Waals surface area contributed by atoms with Gasteiger partial charge in [-0.15, -0.1) is 10.2 Å². The van der Waals surface area contributed by atoms with Gasteiger partial charge in [0.05, 0.1) is 48.4 Å². The molecule has 0 spiro atoms. The van der Waals surface area contributed by atoms with Crippen molar-refractivity contribution in [1.29, 1.82) is 0 Å². The molecule has 0 amide bonds. The van der Waals surface area contributed by atoms with Crippen molar-refractivity contribution in [2.45, 2.75) is 13.1 Å². The van der Waals surface area contributed by atoms with E-state index in [9.17, 15) is 9.59 Å². The van der Waals surface area contributed by atoms with Gasteiger partial charge in [-0.1, -0.05) is 35.3 Å². The van der Waals surface area contributed by atoms with E-state index < -0.39 is 11.9 Å². The maximum Gasteiger partial charge on any atom is 1.00 e. The monoisotopic (exact) mass is 764 g/mol.